The van der Waals surface area contributed by atoms with Gasteiger partial charge in [0.1, 0.15) is 30.7 Å². The van der Waals surface area contributed by atoms with E-state index in [9.17, 15) is 58.8 Å². The largest absolute Gasteiger partial charge is 0.481 e. The maximum Gasteiger partial charge on any atom is 0.481 e. The van der Waals surface area contributed by atoms with Crippen LogP contribution in [0.4, 0.5) is 5.82 Å². The fraction of sp³-hybridized carbons (Fsp3) is 0.615. The number of aromatic nitrogens is 2. The van der Waals surface area contributed by atoms with Gasteiger partial charge in [-0.1, -0.05) is 144 Å². The second-order valence-electron chi connectivity index (χ2n) is 17.9. The zero-order chi connectivity index (χ0) is 55.3. The van der Waals surface area contributed by atoms with Gasteiger partial charge < -0.3 is 55.3 Å². The first-order valence-electron chi connectivity index (χ1n) is 25.9. The van der Waals surface area contributed by atoms with Crippen LogP contribution in [-0.4, -0.2) is 119 Å². The first-order chi connectivity index (χ1) is 35.9. The number of esters is 2. The number of ether oxygens (including phenoxy) is 3. The average Bonchev–Trinajstić information content (AvgIpc) is 3.64. The molecule has 1 aromatic heterocycles. The molecule has 424 valence electrons. The summed E-state index contributed by atoms with van der Waals surface area (Å²) in [6.45, 7) is 1.59. The lowest BCUT2D eigenvalue weighted by Crippen LogP contribution is -2.36. The molecule has 0 saturated carbocycles. The van der Waals surface area contributed by atoms with Gasteiger partial charge in [0.2, 0.25) is 0 Å². The van der Waals surface area contributed by atoms with Crippen LogP contribution in [0.15, 0.2) is 102 Å². The third-order valence-corrected chi connectivity index (χ3v) is 13.9. The van der Waals surface area contributed by atoms with Crippen LogP contribution in [0.2, 0.25) is 0 Å². The predicted molar refractivity (Wildman–Crippen MR) is 283 cm³/mol. The number of carbonyl (C=O) groups excluding carboxylic acids is 2. The summed E-state index contributed by atoms with van der Waals surface area (Å²) in [6, 6.07) is 1.22. The number of nitrogens with zero attached hydrogens (tertiary/aromatic N) is 2. The normalized spacial score (nSPS) is 20.8. The molecule has 1 saturated heterocycles. The number of hydrogen-bond acceptors (Lipinski definition) is 18. The molecule has 9 N–H and O–H groups in total. The Balaban J connectivity index is 1.89. The molecule has 0 spiro atoms. The van der Waals surface area contributed by atoms with Gasteiger partial charge in [-0.25, -0.2) is 13.9 Å². The molecule has 2 unspecified atom stereocenters. The highest BCUT2D eigenvalue weighted by Crippen LogP contribution is 2.60. The number of aliphatic hydroxyl groups excluding tert-OH is 5. The number of rotatable bonds is 41. The van der Waals surface area contributed by atoms with Crippen LogP contribution in [-0.2, 0) is 46.3 Å². The predicted octanol–water partition coefficient (Wildman–Crippen LogP) is 7.58. The number of nitrogens with two attached hydrogens (primary N) is 1. The van der Waals surface area contributed by atoms with Crippen molar-refractivity contribution in [3.63, 3.8) is 0 Å². The topological polar surface area (TPSA) is 326 Å². The molecule has 2 rings (SSSR count). The summed E-state index contributed by atoms with van der Waals surface area (Å²) in [4.78, 5) is 62.0. The van der Waals surface area contributed by atoms with E-state index in [1.807, 2.05) is 19.1 Å². The van der Waals surface area contributed by atoms with E-state index < -0.39 is 102 Å². The Kier molecular flexibility index (Phi) is 35.0. The summed E-state index contributed by atoms with van der Waals surface area (Å²) in [5.74, 6) is -1.67. The Hall–Kier alpha value is -4.18. The molecular formula is C52H83N3O18P2. The highest BCUT2D eigenvalue weighted by atomic mass is 31.3. The number of allylic oxidation sites excluding steroid dienone is 11. The molecule has 1 aliphatic heterocycles. The number of hydrogen-bond donors (Lipinski definition) is 8. The van der Waals surface area contributed by atoms with Gasteiger partial charge in [0.05, 0.1) is 31.5 Å². The van der Waals surface area contributed by atoms with Crippen LogP contribution in [0, 0.1) is 0 Å². The van der Waals surface area contributed by atoms with Gasteiger partial charge in [0.15, 0.2) is 12.3 Å². The Morgan fingerprint density at radius 3 is 2.04 bits per heavy atom. The van der Waals surface area contributed by atoms with E-state index in [-0.39, 0.29) is 31.5 Å². The van der Waals surface area contributed by atoms with E-state index >= 15 is 0 Å². The zero-order valence-corrected chi connectivity index (χ0v) is 45.2. The number of phosphoric acid groups is 2. The molecule has 0 radical (unpaired) electrons. The van der Waals surface area contributed by atoms with Crippen molar-refractivity contribution in [1.82, 2.24) is 9.55 Å². The van der Waals surface area contributed by atoms with Crippen LogP contribution in [0.3, 0.4) is 0 Å². The van der Waals surface area contributed by atoms with Gasteiger partial charge in [-0.3, -0.25) is 23.2 Å². The first kappa shape index (κ1) is 66.9. The van der Waals surface area contributed by atoms with E-state index in [4.69, 9.17) is 29.0 Å². The van der Waals surface area contributed by atoms with Gasteiger partial charge in [-0.05, 0) is 70.3 Å². The van der Waals surface area contributed by atoms with Gasteiger partial charge in [0.25, 0.3) is 0 Å². The minimum Gasteiger partial charge on any atom is -0.462 e. The first-order valence-corrected chi connectivity index (χ1v) is 28.9. The molecular weight excluding hydrogens is 1020 g/mol. The minimum atomic E-state index is -5.51. The Morgan fingerprint density at radius 1 is 0.760 bits per heavy atom. The lowest BCUT2D eigenvalue weighted by molar-refractivity contribution is -0.161. The lowest BCUT2D eigenvalue weighted by atomic mass is 10.1. The number of aliphatic hydroxyl groups is 5. The fourth-order valence-corrected chi connectivity index (χ4v) is 9.26. The molecule has 75 heavy (non-hydrogen) atoms. The number of anilines is 1. The summed E-state index contributed by atoms with van der Waals surface area (Å²) >= 11 is 0. The molecule has 0 aromatic carbocycles. The monoisotopic (exact) mass is 1100 g/mol. The van der Waals surface area contributed by atoms with Crippen molar-refractivity contribution in [3.05, 3.63) is 108 Å². The third-order valence-electron chi connectivity index (χ3n) is 11.3. The van der Waals surface area contributed by atoms with Gasteiger partial charge in [0, 0.05) is 19.0 Å². The molecule has 0 aliphatic carbocycles. The average molecular weight is 1100 g/mol. The second kappa shape index (κ2) is 39.2. The van der Waals surface area contributed by atoms with Crippen molar-refractivity contribution in [2.24, 2.45) is 0 Å². The molecule has 23 heteroatoms. The van der Waals surface area contributed by atoms with Crippen molar-refractivity contribution in [3.8, 4) is 0 Å². The van der Waals surface area contributed by atoms with Gasteiger partial charge in [-0.2, -0.15) is 9.29 Å². The van der Waals surface area contributed by atoms with E-state index in [2.05, 4.69) is 40.5 Å². The molecule has 0 bridgehead atoms. The van der Waals surface area contributed by atoms with Gasteiger partial charge in [-0.15, -0.1) is 0 Å². The highest BCUT2D eigenvalue weighted by molar-refractivity contribution is 7.61. The fourth-order valence-electron chi connectivity index (χ4n) is 7.15. The summed E-state index contributed by atoms with van der Waals surface area (Å²) in [5, 5.41) is 51.5. The lowest BCUT2D eigenvalue weighted by Gasteiger charge is -2.21. The van der Waals surface area contributed by atoms with E-state index in [1.165, 1.54) is 37.5 Å². The Bertz CT molecular complexity index is 2140. The summed E-state index contributed by atoms with van der Waals surface area (Å²) < 4.78 is 56.5. The smallest absolute Gasteiger partial charge is 0.462 e. The Morgan fingerprint density at radius 2 is 1.37 bits per heavy atom. The number of nitrogen functional groups attached to an aromatic ring is 1. The van der Waals surface area contributed by atoms with Crippen LogP contribution >= 0.6 is 15.6 Å². The second-order valence-corrected chi connectivity index (χ2v) is 20.9. The highest BCUT2D eigenvalue weighted by Gasteiger charge is 2.46. The van der Waals surface area contributed by atoms with Crippen molar-refractivity contribution in [2.75, 3.05) is 25.6 Å². The zero-order valence-electron chi connectivity index (χ0n) is 43.4. The molecule has 1 aliphatic rings. The molecule has 2 heterocycles. The van der Waals surface area contributed by atoms with Crippen molar-refractivity contribution < 1.29 is 81.6 Å². The van der Waals surface area contributed by atoms with Gasteiger partial charge >= 0.3 is 33.3 Å². The number of carbonyl (C=O) groups is 2. The minimum absolute atomic E-state index is 0.00241. The van der Waals surface area contributed by atoms with Crippen LogP contribution in [0.1, 0.15) is 142 Å². The Labute approximate surface area is 441 Å². The van der Waals surface area contributed by atoms with Crippen LogP contribution in [0.25, 0.3) is 0 Å². The number of unbranched alkanes of at least 4 members (excludes halogenated alkanes) is 10. The third kappa shape index (κ3) is 31.6. The summed E-state index contributed by atoms with van der Waals surface area (Å²) in [5.41, 5.74) is 4.55. The summed E-state index contributed by atoms with van der Waals surface area (Å²) in [7, 11) is -11.0. The molecule has 21 nitrogen and oxygen atoms in total. The van der Waals surface area contributed by atoms with E-state index in [0.29, 0.717) is 12.8 Å². The van der Waals surface area contributed by atoms with E-state index in [0.717, 1.165) is 75.0 Å². The molecule has 1 fully saturated rings. The van der Waals surface area contributed by atoms with Crippen molar-refractivity contribution >= 4 is 33.4 Å². The molecule has 1 aromatic rings. The van der Waals surface area contributed by atoms with Crippen LogP contribution in [0.5, 0.6) is 0 Å². The number of phosphoric ester groups is 2. The molecule has 10 atom stereocenters. The maximum absolute atomic E-state index is 12.9. The quantitative estimate of drug-likeness (QED) is 0.0103. The summed E-state index contributed by atoms with van der Waals surface area (Å²) in [6.07, 6.45) is 30.2. The molecule has 0 amide bonds. The van der Waals surface area contributed by atoms with Crippen molar-refractivity contribution in [2.45, 2.75) is 185 Å². The van der Waals surface area contributed by atoms with Crippen molar-refractivity contribution in [1.29, 1.82) is 0 Å². The van der Waals surface area contributed by atoms with Crippen LogP contribution < -0.4 is 11.4 Å². The van der Waals surface area contributed by atoms with E-state index in [1.54, 1.807) is 36.5 Å². The maximum atomic E-state index is 12.9. The standard InChI is InChI=1S/C52H83N3O18P2/c1-3-5-7-8-9-10-11-12-13-14-15-16-17-18-19-24-28-34-48(60)71-42(38-68-47(59)35-29-33-44(58)43(57)32-27-23-21-20-22-26-31-41(56)30-25-6-4-2)39-69-74(64,65)73-75(66,67)70-40-45-49(61)50(62)51(72-45)55-37-36-46(53)54-52(55)63/h6,9-10,12-13,20-23,25-27,31-32,36-37,41-45,49-51,56-58,61-62H,3-5,7-8,11,14-19,24,28-30,33-35,38-40H2,1-2H3,(H,64,65)(H,66,67)(H2,53,54,63)/b10-9-,13-12-,22-20+,23-21-,25-6-,31-26+,32-27-/t41-,42-,43+,44+,45-,49-,50-,51-/m1/s1. The SMILES string of the molecule is CC/C=C\C[C@@H](O)/C=C/C=C/C=C\C=C/[C@H](O)[C@@H](O)CCCC(=O)OC[C@H](COP(=O)(O)OP(=O)(O)OC[C@H]1O[C@@H](n2ccc(N)nc2=O)[C@H](O)[C@@H]1O)OC(=O)CCCCCCCCC/C=C\C/C=C\CCCCC.